The van der Waals surface area contributed by atoms with Crippen LogP contribution in [0.3, 0.4) is 0 Å². The van der Waals surface area contributed by atoms with E-state index in [1.54, 1.807) is 0 Å². The summed E-state index contributed by atoms with van der Waals surface area (Å²) < 4.78 is 0. The molecular weight excluding hydrogens is 571 g/mol. The van der Waals surface area contributed by atoms with Crippen LogP contribution in [0.5, 0.6) is 0 Å². The number of allylic oxidation sites excluding steroid dienone is 7. The Balaban J connectivity index is 0.000000277. The fourth-order valence-electron chi connectivity index (χ4n) is 5.57. The van der Waals surface area contributed by atoms with Crippen molar-refractivity contribution in [2.75, 3.05) is 0 Å². The van der Waals surface area contributed by atoms with Gasteiger partial charge in [0, 0.05) is 5.54 Å². The molecule has 0 aliphatic carbocycles. The van der Waals surface area contributed by atoms with Gasteiger partial charge in [-0.1, -0.05) is 166 Å². The van der Waals surface area contributed by atoms with E-state index in [1.165, 1.54) is 39.0 Å². The van der Waals surface area contributed by atoms with E-state index in [9.17, 15) is 0 Å². The van der Waals surface area contributed by atoms with Crippen LogP contribution in [-0.2, 0) is 4.84 Å². The maximum Gasteiger partial charge on any atom is 0.0737 e. The van der Waals surface area contributed by atoms with Crippen molar-refractivity contribution in [2.45, 2.75) is 80.0 Å². The van der Waals surface area contributed by atoms with Crippen LogP contribution in [0.2, 0.25) is 0 Å². The van der Waals surface area contributed by atoms with Gasteiger partial charge in [0.25, 0.3) is 0 Å². The summed E-state index contributed by atoms with van der Waals surface area (Å²) in [6.45, 7) is 19.4. The molecule has 0 saturated heterocycles. The van der Waals surface area contributed by atoms with Gasteiger partial charge in [-0.2, -0.15) is 5.06 Å². The zero-order valence-electron chi connectivity index (χ0n) is 30.0. The van der Waals surface area contributed by atoms with Crippen molar-refractivity contribution in [3.05, 3.63) is 180 Å². The standard InChI is InChI=1S/C28H26.C17H29NO/c1-3-14-23(4-2)27(24-15-8-5-9-16-24)21-22-28(25-17-10-6-11-18-25)26-19-12-7-13-20-26;1-13(2)16(15-11-9-8-10-12-15)18(17(5,6)7)19-14(3)4/h3-22H,1-2H3;8-14,16H,1-7H3/b14-3-,23-4+,27-21?;. The van der Waals surface area contributed by atoms with E-state index in [4.69, 9.17) is 4.84 Å². The fraction of sp³-hybridized carbons (Fsp3) is 0.289. The van der Waals surface area contributed by atoms with Crippen LogP contribution in [0.15, 0.2) is 157 Å². The van der Waals surface area contributed by atoms with Crippen molar-refractivity contribution in [1.82, 2.24) is 5.06 Å². The highest BCUT2D eigenvalue weighted by Crippen LogP contribution is 2.35. The lowest BCUT2D eigenvalue weighted by Gasteiger charge is -2.43. The first-order valence-electron chi connectivity index (χ1n) is 17.0. The zero-order valence-corrected chi connectivity index (χ0v) is 30.0. The molecule has 0 radical (unpaired) electrons. The normalized spacial score (nSPS) is 13.1. The minimum absolute atomic E-state index is 0.0327. The largest absolute Gasteiger partial charge is 0.295 e. The molecule has 0 spiro atoms. The minimum atomic E-state index is -0.0327. The van der Waals surface area contributed by atoms with E-state index < -0.39 is 0 Å². The molecular formula is C45H55NO. The molecule has 0 aliphatic heterocycles. The average molecular weight is 626 g/mol. The van der Waals surface area contributed by atoms with Crippen molar-refractivity contribution in [1.29, 1.82) is 0 Å². The highest BCUT2D eigenvalue weighted by atomic mass is 16.7. The lowest BCUT2D eigenvalue weighted by Crippen LogP contribution is -2.46. The van der Waals surface area contributed by atoms with Gasteiger partial charge < -0.3 is 0 Å². The Morgan fingerprint density at radius 1 is 0.617 bits per heavy atom. The van der Waals surface area contributed by atoms with Crippen LogP contribution in [0, 0.1) is 5.92 Å². The Kier molecular flexibility index (Phi) is 14.9. The van der Waals surface area contributed by atoms with Gasteiger partial charge >= 0.3 is 0 Å². The van der Waals surface area contributed by atoms with Gasteiger partial charge in [0.05, 0.1) is 12.1 Å². The van der Waals surface area contributed by atoms with E-state index >= 15 is 0 Å². The summed E-state index contributed by atoms with van der Waals surface area (Å²) in [6, 6.07) is 42.6. The van der Waals surface area contributed by atoms with Crippen molar-refractivity contribution in [2.24, 2.45) is 5.92 Å². The van der Waals surface area contributed by atoms with Gasteiger partial charge in [0.2, 0.25) is 0 Å². The highest BCUT2D eigenvalue weighted by molar-refractivity contribution is 5.87. The fourth-order valence-corrected chi connectivity index (χ4v) is 5.57. The summed E-state index contributed by atoms with van der Waals surface area (Å²) in [4.78, 5) is 6.13. The molecule has 0 amide bonds. The predicted octanol–water partition coefficient (Wildman–Crippen LogP) is 12.5. The van der Waals surface area contributed by atoms with Crippen LogP contribution < -0.4 is 0 Å². The van der Waals surface area contributed by atoms with Crippen LogP contribution in [-0.4, -0.2) is 16.7 Å². The third-order valence-electron chi connectivity index (χ3n) is 7.65. The Morgan fingerprint density at radius 3 is 1.45 bits per heavy atom. The molecule has 0 aliphatic rings. The Labute approximate surface area is 285 Å². The molecule has 0 aromatic heterocycles. The molecule has 2 nitrogen and oxygen atoms in total. The quantitative estimate of drug-likeness (QED) is 0.121. The SMILES string of the molecule is C/C=C\C(=C/C)C(=CC=C(c1ccccc1)c1ccccc1)c1ccccc1.CC(C)ON(C(c1ccccc1)C(C)C)C(C)(C)C. The molecule has 1 atom stereocenters. The molecule has 0 bridgehead atoms. The van der Waals surface area contributed by atoms with Gasteiger partial charge in [-0.3, -0.25) is 4.84 Å². The van der Waals surface area contributed by atoms with E-state index in [0.29, 0.717) is 5.92 Å². The van der Waals surface area contributed by atoms with Gasteiger partial charge in [0.15, 0.2) is 0 Å². The maximum atomic E-state index is 6.13. The number of hydroxylamine groups is 2. The molecule has 4 aromatic rings. The topological polar surface area (TPSA) is 12.5 Å². The molecule has 2 heteroatoms. The zero-order chi connectivity index (χ0) is 34.2. The monoisotopic (exact) mass is 625 g/mol. The Hall–Kier alpha value is -4.24. The van der Waals surface area contributed by atoms with Crippen LogP contribution in [0.25, 0.3) is 11.1 Å². The smallest absolute Gasteiger partial charge is 0.0737 e. The summed E-state index contributed by atoms with van der Waals surface area (Å²) in [6.07, 6.45) is 11.1. The van der Waals surface area contributed by atoms with E-state index in [-0.39, 0.29) is 17.7 Å². The molecule has 47 heavy (non-hydrogen) atoms. The molecule has 4 rings (SSSR count). The van der Waals surface area contributed by atoms with Crippen molar-refractivity contribution < 1.29 is 4.84 Å². The average Bonchev–Trinajstić information content (AvgIpc) is 3.07. The summed E-state index contributed by atoms with van der Waals surface area (Å²) in [7, 11) is 0. The van der Waals surface area contributed by atoms with Crippen molar-refractivity contribution in [3.63, 3.8) is 0 Å². The second kappa shape index (κ2) is 18.8. The van der Waals surface area contributed by atoms with Gasteiger partial charge in [-0.25, -0.2) is 0 Å². The van der Waals surface area contributed by atoms with E-state index in [0.717, 1.165) is 0 Å². The van der Waals surface area contributed by atoms with Gasteiger partial charge in [-0.15, -0.1) is 0 Å². The minimum Gasteiger partial charge on any atom is -0.295 e. The van der Waals surface area contributed by atoms with Crippen LogP contribution >= 0.6 is 0 Å². The Bertz CT molecular complexity index is 1530. The lowest BCUT2D eigenvalue weighted by atomic mass is 9.92. The number of rotatable bonds is 11. The summed E-state index contributed by atoms with van der Waals surface area (Å²) in [5.41, 5.74) is 8.56. The van der Waals surface area contributed by atoms with E-state index in [1.807, 2.05) is 0 Å². The first-order chi connectivity index (χ1) is 22.6. The van der Waals surface area contributed by atoms with Crippen LogP contribution in [0.1, 0.15) is 90.6 Å². The van der Waals surface area contributed by atoms with Gasteiger partial charge in [-0.05, 0) is 93.4 Å². The van der Waals surface area contributed by atoms with Crippen molar-refractivity contribution >= 4 is 11.1 Å². The second-order valence-corrected chi connectivity index (χ2v) is 13.3. The molecule has 0 N–H and O–H groups in total. The number of hydrogen-bond acceptors (Lipinski definition) is 2. The molecule has 4 aromatic carbocycles. The van der Waals surface area contributed by atoms with E-state index in [2.05, 4.69) is 219 Å². The predicted molar refractivity (Wildman–Crippen MR) is 205 cm³/mol. The third kappa shape index (κ3) is 11.5. The summed E-state index contributed by atoms with van der Waals surface area (Å²) in [5.74, 6) is 0.486. The first-order valence-corrected chi connectivity index (χ1v) is 17.0. The third-order valence-corrected chi connectivity index (χ3v) is 7.65. The number of benzene rings is 4. The summed E-state index contributed by atoms with van der Waals surface area (Å²) in [5, 5.41) is 2.16. The molecule has 0 heterocycles. The second-order valence-electron chi connectivity index (χ2n) is 13.3. The van der Waals surface area contributed by atoms with Crippen LogP contribution in [0.4, 0.5) is 0 Å². The maximum absolute atomic E-state index is 6.13. The molecule has 0 fully saturated rings. The first kappa shape index (κ1) is 37.2. The lowest BCUT2D eigenvalue weighted by molar-refractivity contribution is -0.266. The Morgan fingerprint density at radius 2 is 1.06 bits per heavy atom. The number of nitrogens with zero attached hydrogens (tertiary/aromatic N) is 1. The summed E-state index contributed by atoms with van der Waals surface area (Å²) >= 11 is 0. The highest BCUT2D eigenvalue weighted by Gasteiger charge is 2.33. The molecule has 246 valence electrons. The molecule has 1 unspecified atom stereocenters. The van der Waals surface area contributed by atoms with Crippen molar-refractivity contribution in [3.8, 4) is 0 Å². The number of hydrogen-bond donors (Lipinski definition) is 0. The molecule has 0 saturated carbocycles. The van der Waals surface area contributed by atoms with Gasteiger partial charge in [0.1, 0.15) is 0 Å².